The average molecular weight is 327 g/mol. The van der Waals surface area contributed by atoms with Crippen molar-refractivity contribution >= 4 is 28.8 Å². The number of Topliss-reactive ketones (excluding diaryl/α,β-unsaturated/α-hetero) is 1. The van der Waals surface area contributed by atoms with Crippen molar-refractivity contribution in [3.63, 3.8) is 0 Å². The van der Waals surface area contributed by atoms with Crippen LogP contribution in [0.1, 0.15) is 22.8 Å². The second kappa shape index (κ2) is 7.36. The van der Waals surface area contributed by atoms with Crippen molar-refractivity contribution in [1.82, 2.24) is 0 Å². The number of ketones is 1. The molecule has 0 aliphatic heterocycles. The second-order valence-corrected chi connectivity index (χ2v) is 5.24. The molecule has 0 unspecified atom stereocenters. The molecule has 2 rings (SSSR count). The number of benzene rings is 2. The molecule has 1 amide bonds. The summed E-state index contributed by atoms with van der Waals surface area (Å²) in [7, 11) is 0. The van der Waals surface area contributed by atoms with Gasteiger partial charge in [-0.3, -0.25) is 19.7 Å². The van der Waals surface area contributed by atoms with Crippen LogP contribution in [0.2, 0.25) is 0 Å². The van der Waals surface area contributed by atoms with Crippen molar-refractivity contribution in [2.45, 2.75) is 13.8 Å². The van der Waals surface area contributed by atoms with E-state index >= 15 is 0 Å². The molecule has 124 valence electrons. The Kier molecular flexibility index (Phi) is 5.26. The second-order valence-electron chi connectivity index (χ2n) is 5.24. The van der Waals surface area contributed by atoms with Gasteiger partial charge in [0.25, 0.3) is 5.69 Å². The van der Waals surface area contributed by atoms with Gasteiger partial charge in [-0.2, -0.15) is 0 Å². The minimum absolute atomic E-state index is 0.000213. The minimum Gasteiger partial charge on any atom is -0.376 e. The maximum atomic E-state index is 12.0. The maximum absolute atomic E-state index is 12.0. The molecular weight excluding hydrogens is 310 g/mol. The Morgan fingerprint density at radius 1 is 1.12 bits per heavy atom. The fraction of sp³-hybridized carbons (Fsp3) is 0.176. The first kappa shape index (κ1) is 17.1. The summed E-state index contributed by atoms with van der Waals surface area (Å²) in [4.78, 5) is 33.6. The summed E-state index contributed by atoms with van der Waals surface area (Å²) in [6, 6.07) is 11.2. The minimum atomic E-state index is -0.461. The van der Waals surface area contributed by atoms with E-state index in [2.05, 4.69) is 10.6 Å². The van der Waals surface area contributed by atoms with Crippen molar-refractivity contribution in [2.24, 2.45) is 0 Å². The van der Waals surface area contributed by atoms with E-state index in [9.17, 15) is 19.7 Å². The predicted octanol–water partition coefficient (Wildman–Crippen LogP) is 3.16. The normalized spacial score (nSPS) is 10.1. The van der Waals surface area contributed by atoms with Gasteiger partial charge in [-0.05, 0) is 44.2 Å². The number of carbonyl (C=O) groups is 2. The van der Waals surface area contributed by atoms with Gasteiger partial charge in [0, 0.05) is 28.6 Å². The average Bonchev–Trinajstić information content (AvgIpc) is 2.54. The number of nitrogens with one attached hydrogen (secondary N) is 2. The number of amides is 1. The molecule has 7 heteroatoms. The smallest absolute Gasteiger partial charge is 0.274 e. The fourth-order valence-corrected chi connectivity index (χ4v) is 2.18. The lowest BCUT2D eigenvalue weighted by atomic mass is 10.1. The Morgan fingerprint density at radius 2 is 1.79 bits per heavy atom. The van der Waals surface area contributed by atoms with Crippen molar-refractivity contribution < 1.29 is 14.5 Å². The van der Waals surface area contributed by atoms with E-state index in [1.807, 2.05) is 0 Å². The van der Waals surface area contributed by atoms with Crippen molar-refractivity contribution in [3.8, 4) is 0 Å². The topological polar surface area (TPSA) is 101 Å². The van der Waals surface area contributed by atoms with Gasteiger partial charge in [0.2, 0.25) is 5.91 Å². The summed E-state index contributed by atoms with van der Waals surface area (Å²) in [6.45, 7) is 3.06. The zero-order chi connectivity index (χ0) is 17.7. The van der Waals surface area contributed by atoms with E-state index in [1.165, 1.54) is 13.0 Å². The van der Waals surface area contributed by atoms with Crippen LogP contribution < -0.4 is 10.6 Å². The Labute approximate surface area is 138 Å². The summed E-state index contributed by atoms with van der Waals surface area (Å²) in [5.74, 6) is -0.341. The molecule has 7 nitrogen and oxygen atoms in total. The molecule has 2 aromatic carbocycles. The number of nitro groups is 1. The summed E-state index contributed by atoms with van der Waals surface area (Å²) in [6.07, 6.45) is 0. The van der Waals surface area contributed by atoms with E-state index in [0.29, 0.717) is 22.5 Å². The molecule has 0 aliphatic carbocycles. The quantitative estimate of drug-likeness (QED) is 0.482. The van der Waals surface area contributed by atoms with Crippen LogP contribution in [0.15, 0.2) is 42.5 Å². The van der Waals surface area contributed by atoms with Gasteiger partial charge in [-0.25, -0.2) is 0 Å². The zero-order valence-corrected chi connectivity index (χ0v) is 13.3. The van der Waals surface area contributed by atoms with Gasteiger partial charge in [0.15, 0.2) is 5.78 Å². The summed E-state index contributed by atoms with van der Waals surface area (Å²) in [5, 5.41) is 16.5. The molecule has 24 heavy (non-hydrogen) atoms. The standard InChI is InChI=1S/C17H17N3O4/c1-11-15(4-3-5-16(11)20(23)24)18-10-17(22)19-14-8-6-13(7-9-14)12(2)21/h3-9,18H,10H2,1-2H3,(H,19,22). The SMILES string of the molecule is CC(=O)c1ccc(NC(=O)CNc2cccc([N+](=O)[O-])c2C)cc1. The van der Waals surface area contributed by atoms with Gasteiger partial charge in [-0.1, -0.05) is 6.07 Å². The van der Waals surface area contributed by atoms with Crippen LogP contribution in [-0.2, 0) is 4.79 Å². The Hall–Kier alpha value is -3.22. The highest BCUT2D eigenvalue weighted by Gasteiger charge is 2.13. The van der Waals surface area contributed by atoms with E-state index in [4.69, 9.17) is 0 Å². The fourth-order valence-electron chi connectivity index (χ4n) is 2.18. The number of rotatable bonds is 6. The molecule has 0 aliphatic rings. The van der Waals surface area contributed by atoms with Crippen LogP contribution in [-0.4, -0.2) is 23.2 Å². The van der Waals surface area contributed by atoms with Gasteiger partial charge >= 0.3 is 0 Å². The largest absolute Gasteiger partial charge is 0.376 e. The summed E-state index contributed by atoms with van der Waals surface area (Å²) < 4.78 is 0. The number of nitro benzene ring substituents is 1. The molecule has 2 aromatic rings. The molecule has 0 atom stereocenters. The molecule has 0 bridgehead atoms. The first-order valence-electron chi connectivity index (χ1n) is 7.27. The third kappa shape index (κ3) is 4.16. The van der Waals surface area contributed by atoms with Gasteiger partial charge in [-0.15, -0.1) is 0 Å². The van der Waals surface area contributed by atoms with Gasteiger partial charge < -0.3 is 10.6 Å². The monoisotopic (exact) mass is 327 g/mol. The number of anilines is 2. The molecule has 2 N–H and O–H groups in total. The number of carbonyl (C=O) groups excluding carboxylic acids is 2. The van der Waals surface area contributed by atoms with Gasteiger partial charge in [0.1, 0.15) is 0 Å². The van der Waals surface area contributed by atoms with Gasteiger partial charge in [0.05, 0.1) is 11.5 Å². The molecule has 0 heterocycles. The molecular formula is C17H17N3O4. The molecule has 0 radical (unpaired) electrons. The number of nitrogens with zero attached hydrogens (tertiary/aromatic N) is 1. The third-order valence-electron chi connectivity index (χ3n) is 3.52. The predicted molar refractivity (Wildman–Crippen MR) is 91.4 cm³/mol. The van der Waals surface area contributed by atoms with Crippen LogP contribution >= 0.6 is 0 Å². The summed E-state index contributed by atoms with van der Waals surface area (Å²) in [5.41, 5.74) is 2.15. The third-order valence-corrected chi connectivity index (χ3v) is 3.52. The Bertz CT molecular complexity index is 785. The molecule has 0 saturated heterocycles. The molecule has 0 fully saturated rings. The van der Waals surface area contributed by atoms with Crippen LogP contribution in [0.4, 0.5) is 17.1 Å². The van der Waals surface area contributed by atoms with Crippen molar-refractivity contribution in [1.29, 1.82) is 0 Å². The first-order chi connectivity index (χ1) is 11.4. The van der Waals surface area contributed by atoms with Crippen LogP contribution in [0.3, 0.4) is 0 Å². The lowest BCUT2D eigenvalue weighted by Crippen LogP contribution is -2.22. The molecule has 0 saturated carbocycles. The highest BCUT2D eigenvalue weighted by atomic mass is 16.6. The lowest BCUT2D eigenvalue weighted by molar-refractivity contribution is -0.385. The van der Waals surface area contributed by atoms with Crippen molar-refractivity contribution in [2.75, 3.05) is 17.2 Å². The number of hydrogen-bond acceptors (Lipinski definition) is 5. The van der Waals surface area contributed by atoms with Crippen LogP contribution in [0.5, 0.6) is 0 Å². The highest BCUT2D eigenvalue weighted by molar-refractivity contribution is 5.96. The Morgan fingerprint density at radius 3 is 2.38 bits per heavy atom. The van der Waals surface area contributed by atoms with Crippen LogP contribution in [0.25, 0.3) is 0 Å². The first-order valence-corrected chi connectivity index (χ1v) is 7.27. The molecule has 0 aromatic heterocycles. The number of hydrogen-bond donors (Lipinski definition) is 2. The zero-order valence-electron chi connectivity index (χ0n) is 13.3. The highest BCUT2D eigenvalue weighted by Crippen LogP contribution is 2.24. The van der Waals surface area contributed by atoms with E-state index < -0.39 is 4.92 Å². The summed E-state index contributed by atoms with van der Waals surface area (Å²) >= 11 is 0. The molecule has 0 spiro atoms. The van der Waals surface area contributed by atoms with Crippen LogP contribution in [0, 0.1) is 17.0 Å². The van der Waals surface area contributed by atoms with Crippen molar-refractivity contribution in [3.05, 3.63) is 63.7 Å². The van der Waals surface area contributed by atoms with E-state index in [-0.39, 0.29) is 23.9 Å². The van der Waals surface area contributed by atoms with E-state index in [1.54, 1.807) is 43.3 Å². The lowest BCUT2D eigenvalue weighted by Gasteiger charge is -2.10. The maximum Gasteiger partial charge on any atom is 0.274 e. The Balaban J connectivity index is 1.97. The van der Waals surface area contributed by atoms with E-state index in [0.717, 1.165) is 0 Å².